The van der Waals surface area contributed by atoms with Crippen molar-refractivity contribution in [2.24, 2.45) is 5.41 Å². The van der Waals surface area contributed by atoms with Crippen LogP contribution in [0.5, 0.6) is 5.75 Å². The molecule has 3 aromatic rings. The number of aliphatic hydroxyl groups is 1. The number of rotatable bonds is 10. The summed E-state index contributed by atoms with van der Waals surface area (Å²) in [5.74, 6) is -0.139. The molecule has 1 fully saturated rings. The summed E-state index contributed by atoms with van der Waals surface area (Å²) in [7, 11) is 1.58. The molecule has 1 saturated heterocycles. The Morgan fingerprint density at radius 1 is 1.26 bits per heavy atom. The van der Waals surface area contributed by atoms with Crippen LogP contribution < -0.4 is 4.74 Å². The van der Waals surface area contributed by atoms with E-state index in [1.54, 1.807) is 13.3 Å². The summed E-state index contributed by atoms with van der Waals surface area (Å²) in [5.41, 5.74) is 1.66. The highest BCUT2D eigenvalue weighted by Crippen LogP contribution is 2.41. The second kappa shape index (κ2) is 11.3. The first-order valence-corrected chi connectivity index (χ1v) is 12.4. The summed E-state index contributed by atoms with van der Waals surface area (Å²) in [5, 5.41) is 22.3. The normalized spacial score (nSPS) is 16.8. The van der Waals surface area contributed by atoms with Gasteiger partial charge in [-0.3, -0.25) is 14.8 Å². The minimum atomic E-state index is -0.895. The number of aryl methyl sites for hydroxylation is 1. The van der Waals surface area contributed by atoms with E-state index >= 15 is 0 Å². The molecule has 0 radical (unpaired) electrons. The molecule has 1 aromatic carbocycles. The first kappa shape index (κ1) is 25.4. The van der Waals surface area contributed by atoms with Crippen LogP contribution in [0.25, 0.3) is 10.9 Å². The number of aliphatic hydroxyl groups excluding tert-OH is 1. The molecule has 0 spiro atoms. The molecule has 0 saturated carbocycles. The number of fused-ring (bicyclic) bond motifs is 1. The second-order valence-corrected chi connectivity index (χ2v) is 9.76. The number of hydrogen-bond acceptors (Lipinski definition) is 6. The van der Waals surface area contributed by atoms with E-state index in [1.807, 2.05) is 30.5 Å². The Hall–Kier alpha value is -2.74. The largest absolute Gasteiger partial charge is 0.497 e. The number of carboxylic acids is 1. The molecule has 0 amide bonds. The van der Waals surface area contributed by atoms with Crippen LogP contribution in [0.1, 0.15) is 49.3 Å². The maximum atomic E-state index is 12.3. The zero-order chi connectivity index (χ0) is 24.8. The van der Waals surface area contributed by atoms with Crippen molar-refractivity contribution in [2.45, 2.75) is 44.6 Å². The highest BCUT2D eigenvalue weighted by atomic mass is 35.5. The summed E-state index contributed by atoms with van der Waals surface area (Å²) in [6.45, 7) is 2.42. The van der Waals surface area contributed by atoms with Crippen LogP contribution in [-0.4, -0.2) is 57.8 Å². The van der Waals surface area contributed by atoms with Gasteiger partial charge in [0.15, 0.2) is 0 Å². The number of aliphatic carboxylic acids is 1. The third-order valence-electron chi connectivity index (χ3n) is 7.23. The van der Waals surface area contributed by atoms with Crippen molar-refractivity contribution in [3.05, 3.63) is 65.1 Å². The molecule has 186 valence electrons. The smallest absolute Gasteiger partial charge is 0.309 e. The lowest BCUT2D eigenvalue weighted by molar-refractivity contribution is -0.153. The zero-order valence-corrected chi connectivity index (χ0v) is 20.7. The third kappa shape index (κ3) is 5.92. The number of carbonyl (C=O) groups is 1. The van der Waals surface area contributed by atoms with Crippen LogP contribution in [-0.2, 0) is 11.2 Å². The van der Waals surface area contributed by atoms with Gasteiger partial charge in [-0.25, -0.2) is 0 Å². The maximum absolute atomic E-state index is 12.3. The van der Waals surface area contributed by atoms with Gasteiger partial charge < -0.3 is 19.8 Å². The lowest BCUT2D eigenvalue weighted by Crippen LogP contribution is -2.44. The van der Waals surface area contributed by atoms with Crippen LogP contribution in [0.15, 0.2) is 48.9 Å². The van der Waals surface area contributed by atoms with Crippen molar-refractivity contribution in [3.63, 3.8) is 0 Å². The standard InChI is InChI=1S/C27H32ClN3O4/c1-35-20-6-7-23-21(16-20)25(22(28)18-30-23)24(32)8-9-27(26(33)34)10-14-31(15-11-27)13-3-5-19-4-2-12-29-17-19/h2,4,6-7,12,16-18,24,32H,3,5,8-11,13-15H2,1H3,(H,33,34)/t24-/m1/s1. The molecule has 0 unspecified atom stereocenters. The molecule has 7 nitrogen and oxygen atoms in total. The van der Waals surface area contributed by atoms with Gasteiger partial charge in [0.25, 0.3) is 0 Å². The van der Waals surface area contributed by atoms with Crippen molar-refractivity contribution in [2.75, 3.05) is 26.7 Å². The Morgan fingerprint density at radius 3 is 2.74 bits per heavy atom. The number of pyridine rings is 2. The van der Waals surface area contributed by atoms with Crippen LogP contribution in [0.3, 0.4) is 0 Å². The fourth-order valence-electron chi connectivity index (χ4n) is 5.02. The van der Waals surface area contributed by atoms with Gasteiger partial charge in [0.2, 0.25) is 0 Å². The molecule has 3 heterocycles. The van der Waals surface area contributed by atoms with E-state index in [0.717, 1.165) is 37.9 Å². The number of halogens is 1. The summed E-state index contributed by atoms with van der Waals surface area (Å²) in [6.07, 6.45) is 8.12. The van der Waals surface area contributed by atoms with E-state index in [-0.39, 0.29) is 0 Å². The minimum absolute atomic E-state index is 0.309. The van der Waals surface area contributed by atoms with E-state index in [0.29, 0.717) is 47.5 Å². The fraction of sp³-hybridized carbons (Fsp3) is 0.444. The maximum Gasteiger partial charge on any atom is 0.309 e. The highest BCUT2D eigenvalue weighted by molar-refractivity contribution is 6.32. The van der Waals surface area contributed by atoms with Gasteiger partial charge in [0.1, 0.15) is 5.75 Å². The van der Waals surface area contributed by atoms with Crippen molar-refractivity contribution in [3.8, 4) is 5.75 Å². The third-order valence-corrected chi connectivity index (χ3v) is 7.53. The SMILES string of the molecule is COc1ccc2ncc(Cl)c([C@H](O)CCC3(C(=O)O)CCN(CCCc4cccnc4)CC3)c2c1. The van der Waals surface area contributed by atoms with Crippen molar-refractivity contribution in [1.82, 2.24) is 14.9 Å². The number of hydrogen-bond donors (Lipinski definition) is 2. The van der Waals surface area contributed by atoms with Gasteiger partial charge in [0, 0.05) is 29.5 Å². The number of benzene rings is 1. The number of carboxylic acid groups (broad SMARTS) is 1. The van der Waals surface area contributed by atoms with Crippen LogP contribution in [0, 0.1) is 5.41 Å². The second-order valence-electron chi connectivity index (χ2n) is 9.35. The molecule has 0 aliphatic carbocycles. The van der Waals surface area contributed by atoms with E-state index in [4.69, 9.17) is 16.3 Å². The molecular weight excluding hydrogens is 466 g/mol. The predicted molar refractivity (Wildman–Crippen MR) is 136 cm³/mol. The van der Waals surface area contributed by atoms with Gasteiger partial charge in [-0.1, -0.05) is 17.7 Å². The summed E-state index contributed by atoms with van der Waals surface area (Å²) >= 11 is 6.43. The number of piperidine rings is 1. The molecule has 8 heteroatoms. The van der Waals surface area contributed by atoms with E-state index in [2.05, 4.69) is 20.9 Å². The molecular formula is C27H32ClN3O4. The lowest BCUT2D eigenvalue weighted by atomic mass is 9.74. The molecule has 2 aromatic heterocycles. The topological polar surface area (TPSA) is 95.8 Å². The van der Waals surface area contributed by atoms with Crippen LogP contribution in [0.2, 0.25) is 5.02 Å². The van der Waals surface area contributed by atoms with Crippen molar-refractivity contribution >= 4 is 28.5 Å². The fourth-order valence-corrected chi connectivity index (χ4v) is 5.30. The molecule has 1 aliphatic heterocycles. The number of nitrogens with zero attached hydrogens (tertiary/aromatic N) is 3. The molecule has 4 rings (SSSR count). The van der Waals surface area contributed by atoms with Gasteiger partial charge in [-0.05, 0) is 88.0 Å². The number of aromatic nitrogens is 2. The molecule has 2 N–H and O–H groups in total. The number of methoxy groups -OCH3 is 1. The van der Waals surface area contributed by atoms with Gasteiger partial charge in [-0.2, -0.15) is 0 Å². The average molecular weight is 498 g/mol. The van der Waals surface area contributed by atoms with Crippen molar-refractivity contribution in [1.29, 1.82) is 0 Å². The van der Waals surface area contributed by atoms with E-state index in [9.17, 15) is 15.0 Å². The first-order valence-electron chi connectivity index (χ1n) is 12.1. The van der Waals surface area contributed by atoms with Crippen molar-refractivity contribution < 1.29 is 19.7 Å². The van der Waals surface area contributed by atoms with Crippen LogP contribution >= 0.6 is 11.6 Å². The van der Waals surface area contributed by atoms with Crippen LogP contribution in [0.4, 0.5) is 0 Å². The van der Waals surface area contributed by atoms with E-state index < -0.39 is 17.5 Å². The number of likely N-dealkylation sites (tertiary alicyclic amines) is 1. The first-order chi connectivity index (χ1) is 16.9. The van der Waals surface area contributed by atoms with Gasteiger partial charge in [0.05, 0.1) is 29.2 Å². The lowest BCUT2D eigenvalue weighted by Gasteiger charge is -2.39. The molecule has 1 atom stereocenters. The summed E-state index contributed by atoms with van der Waals surface area (Å²) < 4.78 is 5.32. The monoisotopic (exact) mass is 497 g/mol. The Morgan fingerprint density at radius 2 is 2.06 bits per heavy atom. The predicted octanol–water partition coefficient (Wildman–Crippen LogP) is 4.91. The number of ether oxygens (including phenoxy) is 1. The highest BCUT2D eigenvalue weighted by Gasteiger charge is 2.41. The Labute approximate surface area is 210 Å². The molecule has 1 aliphatic rings. The zero-order valence-electron chi connectivity index (χ0n) is 20.0. The summed E-state index contributed by atoms with van der Waals surface area (Å²) in [6, 6.07) is 9.47. The molecule has 35 heavy (non-hydrogen) atoms. The molecule has 0 bridgehead atoms. The Bertz CT molecular complexity index is 1150. The minimum Gasteiger partial charge on any atom is -0.497 e. The Balaban J connectivity index is 1.38. The van der Waals surface area contributed by atoms with Gasteiger partial charge in [-0.15, -0.1) is 0 Å². The summed E-state index contributed by atoms with van der Waals surface area (Å²) in [4.78, 5) is 23.2. The Kier molecular flexibility index (Phi) is 8.21. The van der Waals surface area contributed by atoms with Gasteiger partial charge >= 0.3 is 5.97 Å². The average Bonchev–Trinajstić information content (AvgIpc) is 2.88. The quantitative estimate of drug-likeness (QED) is 0.411. The van der Waals surface area contributed by atoms with E-state index in [1.165, 1.54) is 11.8 Å².